The van der Waals surface area contributed by atoms with E-state index in [0.717, 1.165) is 17.1 Å². The summed E-state index contributed by atoms with van der Waals surface area (Å²) in [6.07, 6.45) is 3.65. The first kappa shape index (κ1) is 16.5. The summed E-state index contributed by atoms with van der Waals surface area (Å²) in [5, 5.41) is 0.434. The van der Waals surface area contributed by atoms with E-state index in [4.69, 9.17) is 0 Å². The van der Waals surface area contributed by atoms with Crippen molar-refractivity contribution in [2.45, 2.75) is 38.1 Å². The molecule has 2 aliphatic rings. The second-order valence-electron chi connectivity index (χ2n) is 4.95. The normalized spacial score (nSPS) is 18.8. The average Bonchev–Trinajstić information content (AvgIpc) is 3.01. The molecular weight excluding hydrogens is 308 g/mol. The van der Waals surface area contributed by atoms with Crippen molar-refractivity contribution in [2.75, 3.05) is 0 Å². The van der Waals surface area contributed by atoms with Gasteiger partial charge in [0.05, 0.1) is 0 Å². The highest BCUT2D eigenvalue weighted by atomic mass is 16.7. The van der Waals surface area contributed by atoms with Crippen LogP contribution in [0.3, 0.4) is 0 Å². The lowest BCUT2D eigenvalue weighted by Crippen LogP contribution is -2.41. The van der Waals surface area contributed by atoms with Gasteiger partial charge in [0.15, 0.2) is 0 Å². The molecular formula is C14H13N2O7. The SMILES string of the molecule is O=[C]C(CCCC(=O)ON1C(=O)CCC1=O)N1C(=O)C=CC1=O. The Morgan fingerprint density at radius 2 is 1.70 bits per heavy atom. The van der Waals surface area contributed by atoms with Crippen molar-refractivity contribution in [3.8, 4) is 0 Å². The molecule has 9 heteroatoms. The fraction of sp³-hybridized carbons (Fsp3) is 0.429. The molecule has 0 saturated carbocycles. The van der Waals surface area contributed by atoms with Gasteiger partial charge >= 0.3 is 5.97 Å². The predicted octanol–water partition coefficient (Wildman–Crippen LogP) is -0.833. The van der Waals surface area contributed by atoms with Crippen molar-refractivity contribution in [1.82, 2.24) is 9.96 Å². The molecule has 1 atom stereocenters. The monoisotopic (exact) mass is 321 g/mol. The first-order valence-electron chi connectivity index (χ1n) is 6.93. The Bertz CT molecular complexity index is 576. The van der Waals surface area contributed by atoms with Crippen LogP contribution < -0.4 is 0 Å². The van der Waals surface area contributed by atoms with Crippen LogP contribution >= 0.6 is 0 Å². The summed E-state index contributed by atoms with van der Waals surface area (Å²) in [6, 6.07) is -1.09. The van der Waals surface area contributed by atoms with E-state index in [0.29, 0.717) is 5.06 Å². The number of carbonyl (C=O) groups is 5. The minimum Gasteiger partial charge on any atom is -0.330 e. The minimum absolute atomic E-state index is 0.000469. The first-order valence-corrected chi connectivity index (χ1v) is 6.93. The summed E-state index contributed by atoms with van der Waals surface area (Å²) in [7, 11) is 0. The zero-order chi connectivity index (χ0) is 17.0. The lowest BCUT2D eigenvalue weighted by atomic mass is 10.1. The molecule has 2 rings (SSSR count). The Labute approximate surface area is 130 Å². The van der Waals surface area contributed by atoms with E-state index in [1.165, 1.54) is 0 Å². The number of hydroxylamine groups is 2. The Hall–Kier alpha value is -2.84. The second kappa shape index (κ2) is 6.95. The highest BCUT2D eigenvalue weighted by Crippen LogP contribution is 2.15. The maximum absolute atomic E-state index is 11.6. The molecule has 0 aliphatic carbocycles. The van der Waals surface area contributed by atoms with Gasteiger partial charge < -0.3 is 4.84 Å². The van der Waals surface area contributed by atoms with Crippen LogP contribution in [0.25, 0.3) is 0 Å². The molecule has 23 heavy (non-hydrogen) atoms. The second-order valence-corrected chi connectivity index (χ2v) is 4.95. The van der Waals surface area contributed by atoms with Crippen LogP contribution in [-0.2, 0) is 33.6 Å². The van der Waals surface area contributed by atoms with Crippen LogP contribution in [0.1, 0.15) is 32.1 Å². The van der Waals surface area contributed by atoms with Gasteiger partial charge in [-0.2, -0.15) is 0 Å². The van der Waals surface area contributed by atoms with Gasteiger partial charge in [0.1, 0.15) is 6.04 Å². The van der Waals surface area contributed by atoms with E-state index >= 15 is 0 Å². The molecule has 2 heterocycles. The van der Waals surface area contributed by atoms with Crippen LogP contribution in [0.4, 0.5) is 0 Å². The standard InChI is InChI=1S/C14H13N2O7/c17-8-9(15-10(18)4-5-11(15)19)2-1-3-14(22)23-16-12(20)6-7-13(16)21/h4-5,9H,1-3,6-7H2. The van der Waals surface area contributed by atoms with Gasteiger partial charge in [-0.25, -0.2) is 4.79 Å². The van der Waals surface area contributed by atoms with Crippen molar-refractivity contribution in [2.24, 2.45) is 0 Å². The molecule has 1 unspecified atom stereocenters. The molecule has 0 aromatic heterocycles. The number of nitrogens with zero attached hydrogens (tertiary/aromatic N) is 2. The van der Waals surface area contributed by atoms with Gasteiger partial charge in [0, 0.05) is 31.4 Å². The van der Waals surface area contributed by atoms with Gasteiger partial charge in [-0.1, -0.05) is 0 Å². The number of hydrogen-bond donors (Lipinski definition) is 0. The first-order chi connectivity index (χ1) is 10.9. The van der Waals surface area contributed by atoms with Crippen molar-refractivity contribution >= 4 is 35.9 Å². The molecule has 0 aromatic carbocycles. The minimum atomic E-state index is -1.09. The maximum Gasteiger partial charge on any atom is 0.333 e. The lowest BCUT2D eigenvalue weighted by molar-refractivity contribution is -0.197. The zero-order valence-electron chi connectivity index (χ0n) is 12.0. The zero-order valence-corrected chi connectivity index (χ0v) is 12.0. The summed E-state index contributed by atoms with van der Waals surface area (Å²) < 4.78 is 0. The fourth-order valence-corrected chi connectivity index (χ4v) is 2.20. The summed E-state index contributed by atoms with van der Waals surface area (Å²) in [5.41, 5.74) is 0. The summed E-state index contributed by atoms with van der Waals surface area (Å²) in [5.74, 6) is -3.20. The Balaban J connectivity index is 1.79. The van der Waals surface area contributed by atoms with Gasteiger partial charge in [-0.15, -0.1) is 5.06 Å². The Kier molecular flexibility index (Phi) is 4.99. The summed E-state index contributed by atoms with van der Waals surface area (Å²) in [4.78, 5) is 73.4. The van der Waals surface area contributed by atoms with E-state index in [1.807, 2.05) is 0 Å². The predicted molar refractivity (Wildman–Crippen MR) is 71.5 cm³/mol. The Morgan fingerprint density at radius 3 is 2.22 bits per heavy atom. The summed E-state index contributed by atoms with van der Waals surface area (Å²) >= 11 is 0. The number of carbonyl (C=O) groups excluding carboxylic acids is 6. The fourth-order valence-electron chi connectivity index (χ4n) is 2.20. The van der Waals surface area contributed by atoms with E-state index in [-0.39, 0.29) is 32.1 Å². The van der Waals surface area contributed by atoms with Crippen molar-refractivity contribution in [1.29, 1.82) is 0 Å². The van der Waals surface area contributed by atoms with Crippen molar-refractivity contribution in [3.63, 3.8) is 0 Å². The van der Waals surface area contributed by atoms with Crippen LogP contribution in [0.5, 0.6) is 0 Å². The quantitative estimate of drug-likeness (QED) is 0.561. The van der Waals surface area contributed by atoms with E-state index in [2.05, 4.69) is 4.84 Å². The lowest BCUT2D eigenvalue weighted by Gasteiger charge is -2.20. The van der Waals surface area contributed by atoms with Crippen LogP contribution in [0.2, 0.25) is 0 Å². The van der Waals surface area contributed by atoms with Gasteiger partial charge in [0.2, 0.25) is 6.29 Å². The van der Waals surface area contributed by atoms with Crippen LogP contribution in [-0.4, -0.2) is 51.9 Å². The molecule has 121 valence electrons. The number of amides is 4. The Morgan fingerprint density at radius 1 is 1.13 bits per heavy atom. The molecule has 1 radical (unpaired) electrons. The third-order valence-electron chi connectivity index (χ3n) is 3.35. The molecule has 1 saturated heterocycles. The molecule has 4 amide bonds. The maximum atomic E-state index is 11.6. The van der Waals surface area contributed by atoms with Gasteiger partial charge in [0.25, 0.3) is 23.6 Å². The molecule has 2 aliphatic heterocycles. The van der Waals surface area contributed by atoms with Crippen molar-refractivity contribution < 1.29 is 33.6 Å². The number of rotatable bonds is 7. The molecule has 0 N–H and O–H groups in total. The molecule has 1 fully saturated rings. The van der Waals surface area contributed by atoms with E-state index < -0.39 is 35.6 Å². The topological polar surface area (TPSA) is 118 Å². The van der Waals surface area contributed by atoms with Crippen LogP contribution in [0.15, 0.2) is 12.2 Å². The molecule has 0 spiro atoms. The molecule has 0 aromatic rings. The third kappa shape index (κ3) is 3.68. The molecule has 9 nitrogen and oxygen atoms in total. The van der Waals surface area contributed by atoms with Gasteiger partial charge in [-0.3, -0.25) is 28.9 Å². The third-order valence-corrected chi connectivity index (χ3v) is 3.35. The molecule has 0 bridgehead atoms. The smallest absolute Gasteiger partial charge is 0.330 e. The highest BCUT2D eigenvalue weighted by Gasteiger charge is 2.33. The van der Waals surface area contributed by atoms with Gasteiger partial charge in [-0.05, 0) is 12.8 Å². The van der Waals surface area contributed by atoms with E-state index in [9.17, 15) is 28.8 Å². The van der Waals surface area contributed by atoms with E-state index in [1.54, 1.807) is 6.29 Å². The highest BCUT2D eigenvalue weighted by molar-refractivity contribution is 6.14. The average molecular weight is 321 g/mol. The number of imide groups is 2. The summed E-state index contributed by atoms with van der Waals surface area (Å²) in [6.45, 7) is 0. The number of hydrogen-bond acceptors (Lipinski definition) is 7. The largest absolute Gasteiger partial charge is 0.333 e. The van der Waals surface area contributed by atoms with Crippen LogP contribution in [0, 0.1) is 0 Å². The van der Waals surface area contributed by atoms with Crippen molar-refractivity contribution in [3.05, 3.63) is 12.2 Å².